The highest BCUT2D eigenvalue weighted by Crippen LogP contribution is 2.23. The number of anilines is 2. The van der Waals surface area contributed by atoms with E-state index in [0.29, 0.717) is 18.5 Å². The van der Waals surface area contributed by atoms with E-state index in [4.69, 9.17) is 11.6 Å². The molecule has 4 nitrogen and oxygen atoms in total. The fraction of sp³-hybridized carbons (Fsp3) is 0.222. The lowest BCUT2D eigenvalue weighted by molar-refractivity contribution is -0.119. The number of benzene rings is 2. The molecule has 0 atom stereocenters. The van der Waals surface area contributed by atoms with E-state index in [1.807, 2.05) is 0 Å². The molecular formula is C18H16ClFN2O2. The first-order valence-corrected chi connectivity index (χ1v) is 8.09. The van der Waals surface area contributed by atoms with Gasteiger partial charge < -0.3 is 10.2 Å². The van der Waals surface area contributed by atoms with Gasteiger partial charge in [0.25, 0.3) is 5.91 Å². The zero-order valence-corrected chi connectivity index (χ0v) is 13.6. The van der Waals surface area contributed by atoms with Gasteiger partial charge in [-0.1, -0.05) is 11.6 Å². The van der Waals surface area contributed by atoms with Gasteiger partial charge in [0.05, 0.1) is 5.69 Å². The molecule has 0 bridgehead atoms. The van der Waals surface area contributed by atoms with Gasteiger partial charge in [-0.3, -0.25) is 9.59 Å². The SMILES string of the molecule is O=C(Nc1ccc(Cl)cc1F)c1ccc(N2CCCCC2=O)cc1. The number of rotatable bonds is 3. The number of nitrogens with one attached hydrogen (secondary N) is 1. The molecule has 0 aromatic heterocycles. The molecule has 1 saturated heterocycles. The number of halogens is 2. The van der Waals surface area contributed by atoms with Crippen molar-refractivity contribution in [3.05, 3.63) is 58.9 Å². The maximum atomic E-state index is 13.7. The number of hydrogen-bond donors (Lipinski definition) is 1. The van der Waals surface area contributed by atoms with E-state index in [2.05, 4.69) is 5.32 Å². The zero-order chi connectivity index (χ0) is 17.1. The fourth-order valence-electron chi connectivity index (χ4n) is 2.66. The van der Waals surface area contributed by atoms with Crippen molar-refractivity contribution < 1.29 is 14.0 Å². The molecule has 0 radical (unpaired) electrons. The van der Waals surface area contributed by atoms with E-state index in [-0.39, 0.29) is 16.6 Å². The summed E-state index contributed by atoms with van der Waals surface area (Å²) in [5, 5.41) is 2.77. The van der Waals surface area contributed by atoms with Crippen LogP contribution in [0.15, 0.2) is 42.5 Å². The average Bonchev–Trinajstić information content (AvgIpc) is 2.58. The number of carbonyl (C=O) groups excluding carboxylic acids is 2. The van der Waals surface area contributed by atoms with Crippen LogP contribution in [0, 0.1) is 5.82 Å². The van der Waals surface area contributed by atoms with Crippen LogP contribution in [0.25, 0.3) is 0 Å². The molecule has 1 N–H and O–H groups in total. The van der Waals surface area contributed by atoms with Crippen LogP contribution in [0.4, 0.5) is 15.8 Å². The second-order valence-corrected chi connectivity index (χ2v) is 6.06. The molecule has 0 aliphatic carbocycles. The Hall–Kier alpha value is -2.40. The van der Waals surface area contributed by atoms with Gasteiger partial charge in [-0.15, -0.1) is 0 Å². The first-order chi connectivity index (χ1) is 11.5. The monoisotopic (exact) mass is 346 g/mol. The van der Waals surface area contributed by atoms with Crippen molar-refractivity contribution in [2.45, 2.75) is 19.3 Å². The molecule has 1 heterocycles. The normalized spacial score (nSPS) is 14.6. The molecule has 6 heteroatoms. The van der Waals surface area contributed by atoms with Gasteiger partial charge in [0.1, 0.15) is 5.82 Å². The Morgan fingerprint density at radius 1 is 1.12 bits per heavy atom. The Balaban J connectivity index is 1.73. The average molecular weight is 347 g/mol. The smallest absolute Gasteiger partial charge is 0.255 e. The predicted octanol–water partition coefficient (Wildman–Crippen LogP) is 4.25. The van der Waals surface area contributed by atoms with Crippen molar-refractivity contribution in [3.63, 3.8) is 0 Å². The highest BCUT2D eigenvalue weighted by molar-refractivity contribution is 6.30. The number of amides is 2. The Labute approximate surface area is 144 Å². The van der Waals surface area contributed by atoms with Crippen molar-refractivity contribution >= 4 is 34.8 Å². The second kappa shape index (κ2) is 7.01. The van der Waals surface area contributed by atoms with Gasteiger partial charge in [0, 0.05) is 29.2 Å². The molecule has 2 aromatic carbocycles. The lowest BCUT2D eigenvalue weighted by Crippen LogP contribution is -2.35. The van der Waals surface area contributed by atoms with Crippen LogP contribution in [0.5, 0.6) is 0 Å². The topological polar surface area (TPSA) is 49.4 Å². The van der Waals surface area contributed by atoms with Crippen LogP contribution in [0.1, 0.15) is 29.6 Å². The Morgan fingerprint density at radius 2 is 1.88 bits per heavy atom. The van der Waals surface area contributed by atoms with Gasteiger partial charge in [-0.2, -0.15) is 0 Å². The van der Waals surface area contributed by atoms with E-state index < -0.39 is 11.7 Å². The van der Waals surface area contributed by atoms with Gasteiger partial charge in [0.2, 0.25) is 5.91 Å². The summed E-state index contributed by atoms with van der Waals surface area (Å²) in [6.45, 7) is 0.695. The van der Waals surface area contributed by atoms with E-state index in [1.54, 1.807) is 29.2 Å². The third kappa shape index (κ3) is 3.57. The summed E-state index contributed by atoms with van der Waals surface area (Å²) in [5.74, 6) is -0.916. The Bertz CT molecular complexity index is 777. The van der Waals surface area contributed by atoms with Gasteiger partial charge in [0.15, 0.2) is 0 Å². The first kappa shape index (κ1) is 16.5. The summed E-state index contributed by atoms with van der Waals surface area (Å²) in [7, 11) is 0. The molecule has 0 spiro atoms. The largest absolute Gasteiger partial charge is 0.319 e. The fourth-order valence-corrected chi connectivity index (χ4v) is 2.82. The molecule has 24 heavy (non-hydrogen) atoms. The van der Waals surface area contributed by atoms with Crippen LogP contribution in [0.3, 0.4) is 0 Å². The molecule has 0 unspecified atom stereocenters. The molecule has 3 rings (SSSR count). The van der Waals surface area contributed by atoms with Crippen molar-refractivity contribution in [1.82, 2.24) is 0 Å². The van der Waals surface area contributed by atoms with Crippen LogP contribution >= 0.6 is 11.6 Å². The summed E-state index contributed by atoms with van der Waals surface area (Å²) < 4.78 is 13.7. The molecule has 1 fully saturated rings. The second-order valence-electron chi connectivity index (χ2n) is 5.63. The summed E-state index contributed by atoms with van der Waals surface area (Å²) in [6, 6.07) is 10.8. The van der Waals surface area contributed by atoms with Crippen LogP contribution in [0.2, 0.25) is 5.02 Å². The number of carbonyl (C=O) groups is 2. The molecule has 0 saturated carbocycles. The maximum absolute atomic E-state index is 13.7. The van der Waals surface area contributed by atoms with E-state index in [9.17, 15) is 14.0 Å². The van der Waals surface area contributed by atoms with Crippen molar-refractivity contribution in [2.24, 2.45) is 0 Å². The first-order valence-electron chi connectivity index (χ1n) is 7.71. The lowest BCUT2D eigenvalue weighted by Gasteiger charge is -2.26. The zero-order valence-electron chi connectivity index (χ0n) is 12.9. The van der Waals surface area contributed by atoms with Gasteiger partial charge in [-0.25, -0.2) is 4.39 Å². The van der Waals surface area contributed by atoms with Gasteiger partial charge >= 0.3 is 0 Å². The van der Waals surface area contributed by atoms with Crippen molar-refractivity contribution in [1.29, 1.82) is 0 Å². The van der Waals surface area contributed by atoms with Crippen LogP contribution in [-0.4, -0.2) is 18.4 Å². The minimum absolute atomic E-state index is 0.0692. The molecule has 124 valence electrons. The third-order valence-electron chi connectivity index (χ3n) is 3.94. The van der Waals surface area contributed by atoms with Crippen LogP contribution < -0.4 is 10.2 Å². The van der Waals surface area contributed by atoms with Gasteiger partial charge in [-0.05, 0) is 55.3 Å². The molecule has 2 aromatic rings. The lowest BCUT2D eigenvalue weighted by atomic mass is 10.1. The molecule has 1 aliphatic heterocycles. The third-order valence-corrected chi connectivity index (χ3v) is 4.18. The maximum Gasteiger partial charge on any atom is 0.255 e. The summed E-state index contributed by atoms with van der Waals surface area (Å²) in [5.41, 5.74) is 1.23. The van der Waals surface area contributed by atoms with Crippen LogP contribution in [-0.2, 0) is 4.79 Å². The number of hydrogen-bond acceptors (Lipinski definition) is 2. The van der Waals surface area contributed by atoms with E-state index in [1.165, 1.54) is 12.1 Å². The van der Waals surface area contributed by atoms with E-state index in [0.717, 1.165) is 24.6 Å². The molecule has 2 amide bonds. The van der Waals surface area contributed by atoms with Crippen molar-refractivity contribution in [2.75, 3.05) is 16.8 Å². The number of nitrogens with zero attached hydrogens (tertiary/aromatic N) is 1. The number of piperidine rings is 1. The Kier molecular flexibility index (Phi) is 4.81. The van der Waals surface area contributed by atoms with E-state index >= 15 is 0 Å². The standard InChI is InChI=1S/C18H16ClFN2O2/c19-13-6-9-16(15(20)11-13)21-18(24)12-4-7-14(8-5-12)22-10-2-1-3-17(22)23/h4-9,11H,1-3,10H2,(H,21,24). The van der Waals surface area contributed by atoms with Crippen molar-refractivity contribution in [3.8, 4) is 0 Å². The molecule has 1 aliphatic rings. The minimum Gasteiger partial charge on any atom is -0.319 e. The summed E-state index contributed by atoms with van der Waals surface area (Å²) in [6.07, 6.45) is 2.45. The quantitative estimate of drug-likeness (QED) is 0.903. The molecular weight excluding hydrogens is 331 g/mol. The predicted molar refractivity (Wildman–Crippen MR) is 92.0 cm³/mol. The summed E-state index contributed by atoms with van der Waals surface area (Å²) >= 11 is 5.69. The highest BCUT2D eigenvalue weighted by atomic mass is 35.5. The minimum atomic E-state index is -0.591. The summed E-state index contributed by atoms with van der Waals surface area (Å²) in [4.78, 5) is 25.9. The highest BCUT2D eigenvalue weighted by Gasteiger charge is 2.19. The Morgan fingerprint density at radius 3 is 2.54 bits per heavy atom.